The van der Waals surface area contributed by atoms with Crippen LogP contribution in [0.5, 0.6) is 0 Å². The second-order valence-corrected chi connectivity index (χ2v) is 28.7. The predicted octanol–water partition coefficient (Wildman–Crippen LogP) is 7.51. The molecule has 2 aliphatic carbocycles. The number of anilines is 1. The number of nitrogens with zero attached hydrogens (tertiary/aromatic N) is 5. The van der Waals surface area contributed by atoms with Crippen LogP contribution >= 0.6 is 0 Å². The van der Waals surface area contributed by atoms with Crippen molar-refractivity contribution >= 4 is 39.0 Å². The molecule has 1 saturated carbocycles. The molecule has 0 unspecified atom stereocenters. The van der Waals surface area contributed by atoms with Gasteiger partial charge in [-0.1, -0.05) is 46.2 Å². The molecule has 260 valence electrons. The van der Waals surface area contributed by atoms with E-state index in [1.807, 2.05) is 32.9 Å². The second kappa shape index (κ2) is 13.1. The van der Waals surface area contributed by atoms with Crippen molar-refractivity contribution in [3.8, 4) is 11.5 Å². The van der Waals surface area contributed by atoms with Gasteiger partial charge < -0.3 is 19.3 Å². The first-order valence-electron chi connectivity index (χ1n) is 17.1. The van der Waals surface area contributed by atoms with E-state index in [4.69, 9.17) is 24.3 Å². The van der Waals surface area contributed by atoms with Crippen molar-refractivity contribution in [2.24, 2.45) is 11.3 Å². The molecule has 47 heavy (non-hydrogen) atoms. The zero-order chi connectivity index (χ0) is 34.5. The SMILES string of the molecule is CN(C(=O)OC(C)(C)C)c1cc(CO)c2nc(-c3nn(COCC[Si](C)(C)C)c4c3C[C@@H]3C[C@]3(C)C4)n(COCC[Si](C)(C)C)c2c1. The summed E-state index contributed by atoms with van der Waals surface area (Å²) in [4.78, 5) is 19.7. The van der Waals surface area contributed by atoms with Crippen LogP contribution in [0.15, 0.2) is 12.1 Å². The van der Waals surface area contributed by atoms with E-state index in [2.05, 4.69) is 55.5 Å². The number of hydrogen-bond acceptors (Lipinski definition) is 7. The van der Waals surface area contributed by atoms with Crippen LogP contribution in [0.25, 0.3) is 22.6 Å². The Labute approximate surface area is 282 Å². The molecule has 1 fully saturated rings. The third-order valence-corrected chi connectivity index (χ3v) is 12.9. The van der Waals surface area contributed by atoms with Gasteiger partial charge in [0.2, 0.25) is 0 Å². The van der Waals surface area contributed by atoms with Gasteiger partial charge in [-0.2, -0.15) is 5.10 Å². The maximum atomic E-state index is 13.1. The zero-order valence-electron chi connectivity index (χ0n) is 30.6. The number of rotatable bonds is 13. The van der Waals surface area contributed by atoms with Crippen molar-refractivity contribution in [3.63, 3.8) is 0 Å². The number of benzene rings is 1. The number of imidazole rings is 1. The molecule has 1 amide bonds. The number of ether oxygens (including phenoxy) is 3. The number of aliphatic hydroxyl groups excluding tert-OH is 1. The van der Waals surface area contributed by atoms with E-state index in [0.29, 0.717) is 41.4 Å². The number of aliphatic hydroxyl groups is 1. The summed E-state index contributed by atoms with van der Waals surface area (Å²) >= 11 is 0. The quantitative estimate of drug-likeness (QED) is 0.147. The van der Waals surface area contributed by atoms with Crippen LogP contribution in [0.4, 0.5) is 10.5 Å². The molecular weight excluding hydrogens is 627 g/mol. The van der Waals surface area contributed by atoms with E-state index >= 15 is 0 Å². The Morgan fingerprint density at radius 1 is 1.06 bits per heavy atom. The van der Waals surface area contributed by atoms with E-state index in [1.165, 1.54) is 22.6 Å². The van der Waals surface area contributed by atoms with Crippen molar-refractivity contribution in [1.82, 2.24) is 19.3 Å². The summed E-state index contributed by atoms with van der Waals surface area (Å²) in [7, 11) is -0.830. The minimum Gasteiger partial charge on any atom is -0.443 e. The molecular formula is C35H57N5O5Si2. The topological polar surface area (TPSA) is 104 Å². The normalized spacial score (nSPS) is 19.5. The highest BCUT2D eigenvalue weighted by Crippen LogP contribution is 2.60. The molecule has 2 aromatic heterocycles. The minimum atomic E-state index is -1.30. The van der Waals surface area contributed by atoms with Gasteiger partial charge in [-0.05, 0) is 75.6 Å². The Balaban J connectivity index is 1.59. The standard InChI is InChI=1S/C35H57N5O5Si2/c1-34(2,3)45-33(42)38(5)26-16-24(21-41)30-28(18-26)39(22-43-12-14-46(6,7)8)32(36-30)31-27-17-25-19-35(25,4)20-29(27)40(37-31)23-44-13-15-47(9,10)11/h16,18,25,41H,12-15,17,19-23H2,1-11H3/t25-,35-/m1/s1. The van der Waals surface area contributed by atoms with Gasteiger partial charge in [0.25, 0.3) is 0 Å². The number of amides is 1. The summed E-state index contributed by atoms with van der Waals surface area (Å²) < 4.78 is 22.4. The summed E-state index contributed by atoms with van der Waals surface area (Å²) in [5.74, 6) is 1.37. The van der Waals surface area contributed by atoms with Crippen LogP contribution in [0.2, 0.25) is 51.4 Å². The Morgan fingerprint density at radius 3 is 2.30 bits per heavy atom. The van der Waals surface area contributed by atoms with Crippen LogP contribution in [-0.4, -0.2) is 72.5 Å². The molecule has 5 rings (SSSR count). The Hall–Kier alpha value is -2.52. The lowest BCUT2D eigenvalue weighted by molar-refractivity contribution is 0.0589. The minimum absolute atomic E-state index is 0.225. The van der Waals surface area contributed by atoms with E-state index in [-0.39, 0.29) is 13.3 Å². The third kappa shape index (κ3) is 8.38. The van der Waals surface area contributed by atoms with Gasteiger partial charge in [0.15, 0.2) is 5.82 Å². The first-order chi connectivity index (χ1) is 21.8. The van der Waals surface area contributed by atoms with Crippen LogP contribution in [0.1, 0.15) is 50.9 Å². The Morgan fingerprint density at radius 2 is 1.70 bits per heavy atom. The van der Waals surface area contributed by atoms with Crippen molar-refractivity contribution in [1.29, 1.82) is 0 Å². The van der Waals surface area contributed by atoms with E-state index in [9.17, 15) is 9.90 Å². The summed E-state index contributed by atoms with van der Waals surface area (Å²) in [6.45, 7) is 23.9. The number of aromatic nitrogens is 4. The second-order valence-electron chi connectivity index (χ2n) is 17.4. The van der Waals surface area contributed by atoms with Gasteiger partial charge in [-0.25, -0.2) is 14.5 Å². The smallest absolute Gasteiger partial charge is 0.414 e. The number of carbonyl (C=O) groups is 1. The molecule has 10 nitrogen and oxygen atoms in total. The average molecular weight is 684 g/mol. The predicted molar refractivity (Wildman–Crippen MR) is 193 cm³/mol. The van der Waals surface area contributed by atoms with Gasteiger partial charge in [-0.3, -0.25) is 9.47 Å². The molecule has 1 N–H and O–H groups in total. The molecule has 0 radical (unpaired) electrons. The third-order valence-electron chi connectivity index (χ3n) is 9.51. The molecule has 2 aliphatic rings. The Kier molecular flexibility index (Phi) is 9.95. The van der Waals surface area contributed by atoms with Crippen LogP contribution in [0.3, 0.4) is 0 Å². The fourth-order valence-corrected chi connectivity index (χ4v) is 7.82. The molecule has 12 heteroatoms. The van der Waals surface area contributed by atoms with Crippen LogP contribution in [0, 0.1) is 11.3 Å². The lowest BCUT2D eigenvalue weighted by atomic mass is 9.87. The first-order valence-corrected chi connectivity index (χ1v) is 24.6. The van der Waals surface area contributed by atoms with Crippen molar-refractivity contribution in [2.45, 2.75) is 124 Å². The largest absolute Gasteiger partial charge is 0.443 e. The Bertz CT molecular complexity index is 1610. The van der Waals surface area contributed by atoms with Gasteiger partial charge in [-0.15, -0.1) is 0 Å². The fraction of sp³-hybridized carbons (Fsp3) is 0.686. The van der Waals surface area contributed by atoms with Gasteiger partial charge in [0, 0.05) is 58.9 Å². The van der Waals surface area contributed by atoms with Gasteiger partial charge in [0.1, 0.15) is 24.8 Å². The van der Waals surface area contributed by atoms with Crippen LogP contribution in [-0.2, 0) is 47.1 Å². The maximum absolute atomic E-state index is 13.1. The maximum Gasteiger partial charge on any atom is 0.414 e. The van der Waals surface area contributed by atoms with E-state index in [0.717, 1.165) is 48.6 Å². The summed E-state index contributed by atoms with van der Waals surface area (Å²) in [5, 5.41) is 15.8. The molecule has 2 atom stereocenters. The monoisotopic (exact) mass is 683 g/mol. The number of fused-ring (bicyclic) bond motifs is 3. The zero-order valence-corrected chi connectivity index (χ0v) is 32.6. The molecule has 0 saturated heterocycles. The van der Waals surface area contributed by atoms with Gasteiger partial charge in [0.05, 0.1) is 17.6 Å². The molecule has 0 bridgehead atoms. The van der Waals surface area contributed by atoms with Crippen molar-refractivity contribution in [3.05, 3.63) is 29.0 Å². The molecule has 1 aromatic carbocycles. The molecule has 3 aromatic rings. The highest BCUT2D eigenvalue weighted by atomic mass is 28.3. The van der Waals surface area contributed by atoms with Crippen molar-refractivity contribution < 1.29 is 24.1 Å². The van der Waals surface area contributed by atoms with Crippen LogP contribution < -0.4 is 4.90 Å². The lowest BCUT2D eigenvalue weighted by Crippen LogP contribution is -2.34. The highest BCUT2D eigenvalue weighted by Gasteiger charge is 2.54. The average Bonchev–Trinajstić information content (AvgIpc) is 3.31. The number of hydrogen-bond donors (Lipinski definition) is 1. The van der Waals surface area contributed by atoms with E-state index < -0.39 is 27.8 Å². The lowest BCUT2D eigenvalue weighted by Gasteiger charge is -2.25. The first kappa shape index (κ1) is 35.8. The fourth-order valence-electron chi connectivity index (χ4n) is 6.30. The summed E-state index contributed by atoms with van der Waals surface area (Å²) in [6.07, 6.45) is 2.71. The van der Waals surface area contributed by atoms with Gasteiger partial charge >= 0.3 is 6.09 Å². The molecule has 0 aliphatic heterocycles. The molecule has 0 spiro atoms. The van der Waals surface area contributed by atoms with E-state index in [1.54, 1.807) is 7.05 Å². The van der Waals surface area contributed by atoms with Crippen molar-refractivity contribution in [2.75, 3.05) is 25.2 Å². The molecule has 2 heterocycles. The summed E-state index contributed by atoms with van der Waals surface area (Å²) in [6, 6.07) is 5.91. The number of carbonyl (C=O) groups excluding carboxylic acids is 1. The highest BCUT2D eigenvalue weighted by molar-refractivity contribution is 6.76. The summed E-state index contributed by atoms with van der Waals surface area (Å²) in [5.41, 5.74) is 5.75.